The standard InChI is InChI=1S/C16H17ClFN/c1-11-7-8-13(9-14(11)17)16(2,19)10-12-5-3-4-6-15(12)18/h3-9H,10,19H2,1-2H3. The van der Waals surface area contributed by atoms with Crippen molar-refractivity contribution in [2.75, 3.05) is 0 Å². The summed E-state index contributed by atoms with van der Waals surface area (Å²) in [6, 6.07) is 12.4. The molecule has 0 fully saturated rings. The Kier molecular flexibility index (Phi) is 3.93. The minimum Gasteiger partial charge on any atom is -0.321 e. The van der Waals surface area contributed by atoms with E-state index in [1.54, 1.807) is 12.1 Å². The Balaban J connectivity index is 2.32. The third-order valence-corrected chi connectivity index (χ3v) is 3.75. The lowest BCUT2D eigenvalue weighted by atomic mass is 9.86. The van der Waals surface area contributed by atoms with Crippen molar-refractivity contribution in [3.8, 4) is 0 Å². The van der Waals surface area contributed by atoms with Gasteiger partial charge in [0.1, 0.15) is 5.82 Å². The molecule has 0 aliphatic heterocycles. The Morgan fingerprint density at radius 2 is 1.89 bits per heavy atom. The zero-order valence-electron chi connectivity index (χ0n) is 11.1. The average molecular weight is 278 g/mol. The van der Waals surface area contributed by atoms with Gasteiger partial charge in [-0.25, -0.2) is 4.39 Å². The van der Waals surface area contributed by atoms with Crippen LogP contribution in [0.3, 0.4) is 0 Å². The molecule has 0 bridgehead atoms. The molecule has 0 heterocycles. The fourth-order valence-corrected chi connectivity index (χ4v) is 2.27. The molecular formula is C16H17ClFN. The predicted octanol–water partition coefficient (Wildman–Crippen LogP) is 4.20. The van der Waals surface area contributed by atoms with Crippen molar-refractivity contribution in [3.63, 3.8) is 0 Å². The van der Waals surface area contributed by atoms with E-state index in [4.69, 9.17) is 17.3 Å². The molecule has 2 N–H and O–H groups in total. The monoisotopic (exact) mass is 277 g/mol. The van der Waals surface area contributed by atoms with Gasteiger partial charge in [-0.2, -0.15) is 0 Å². The maximum atomic E-state index is 13.7. The number of hydrogen-bond acceptors (Lipinski definition) is 1. The van der Waals surface area contributed by atoms with Crippen molar-refractivity contribution in [2.24, 2.45) is 5.73 Å². The quantitative estimate of drug-likeness (QED) is 0.894. The summed E-state index contributed by atoms with van der Waals surface area (Å²) in [5.41, 5.74) is 8.21. The van der Waals surface area contributed by atoms with E-state index >= 15 is 0 Å². The second-order valence-electron chi connectivity index (χ2n) is 5.15. The van der Waals surface area contributed by atoms with E-state index in [9.17, 15) is 4.39 Å². The van der Waals surface area contributed by atoms with E-state index in [0.717, 1.165) is 11.1 Å². The Hall–Kier alpha value is -1.38. The SMILES string of the molecule is Cc1ccc(C(C)(N)Cc2ccccc2F)cc1Cl. The van der Waals surface area contributed by atoms with Gasteiger partial charge in [0.25, 0.3) is 0 Å². The Morgan fingerprint density at radius 3 is 2.53 bits per heavy atom. The molecule has 100 valence electrons. The van der Waals surface area contributed by atoms with Gasteiger partial charge in [0.15, 0.2) is 0 Å². The number of rotatable bonds is 3. The molecule has 0 saturated heterocycles. The summed E-state index contributed by atoms with van der Waals surface area (Å²) in [4.78, 5) is 0. The molecule has 0 radical (unpaired) electrons. The molecule has 19 heavy (non-hydrogen) atoms. The van der Waals surface area contributed by atoms with Crippen LogP contribution in [0.25, 0.3) is 0 Å². The molecule has 0 amide bonds. The molecule has 1 atom stereocenters. The first-order chi connectivity index (χ1) is 8.90. The minimum atomic E-state index is -0.653. The summed E-state index contributed by atoms with van der Waals surface area (Å²) < 4.78 is 13.7. The topological polar surface area (TPSA) is 26.0 Å². The van der Waals surface area contributed by atoms with Crippen molar-refractivity contribution in [2.45, 2.75) is 25.8 Å². The number of benzene rings is 2. The molecule has 3 heteroatoms. The zero-order chi connectivity index (χ0) is 14.0. The maximum absolute atomic E-state index is 13.7. The Bertz CT molecular complexity index is 593. The third kappa shape index (κ3) is 3.14. The van der Waals surface area contributed by atoms with Gasteiger partial charge in [-0.1, -0.05) is 41.9 Å². The van der Waals surface area contributed by atoms with Gasteiger partial charge in [-0.15, -0.1) is 0 Å². The first-order valence-electron chi connectivity index (χ1n) is 6.19. The van der Waals surface area contributed by atoms with Gasteiger partial charge < -0.3 is 5.73 Å². The van der Waals surface area contributed by atoms with Crippen molar-refractivity contribution in [3.05, 3.63) is 70.0 Å². The Labute approximate surface area is 118 Å². The van der Waals surface area contributed by atoms with E-state index in [2.05, 4.69) is 0 Å². The van der Waals surface area contributed by atoms with Gasteiger partial charge in [0.05, 0.1) is 0 Å². The molecule has 1 unspecified atom stereocenters. The van der Waals surface area contributed by atoms with E-state index in [1.807, 2.05) is 38.1 Å². The number of aryl methyl sites for hydroxylation is 1. The molecule has 2 aromatic carbocycles. The van der Waals surface area contributed by atoms with Crippen LogP contribution in [0.4, 0.5) is 4.39 Å². The van der Waals surface area contributed by atoms with E-state index < -0.39 is 5.54 Å². The normalized spacial score (nSPS) is 14.2. The van der Waals surface area contributed by atoms with Gasteiger partial charge in [-0.3, -0.25) is 0 Å². The van der Waals surface area contributed by atoms with Crippen LogP contribution >= 0.6 is 11.6 Å². The number of halogens is 2. The molecule has 2 rings (SSSR count). The lowest BCUT2D eigenvalue weighted by molar-refractivity contribution is 0.475. The van der Waals surface area contributed by atoms with Crippen LogP contribution in [0.15, 0.2) is 42.5 Å². The van der Waals surface area contributed by atoms with Gasteiger partial charge in [-0.05, 0) is 49.1 Å². The summed E-state index contributed by atoms with van der Waals surface area (Å²) >= 11 is 6.12. The van der Waals surface area contributed by atoms with Gasteiger partial charge in [0, 0.05) is 10.6 Å². The van der Waals surface area contributed by atoms with Crippen molar-refractivity contribution in [1.82, 2.24) is 0 Å². The minimum absolute atomic E-state index is 0.225. The summed E-state index contributed by atoms with van der Waals surface area (Å²) in [5.74, 6) is -0.225. The second-order valence-corrected chi connectivity index (χ2v) is 5.56. The third-order valence-electron chi connectivity index (χ3n) is 3.35. The first kappa shape index (κ1) is 14.0. The smallest absolute Gasteiger partial charge is 0.126 e. The summed E-state index contributed by atoms with van der Waals surface area (Å²) in [6.07, 6.45) is 0.430. The largest absolute Gasteiger partial charge is 0.321 e. The summed E-state index contributed by atoms with van der Waals surface area (Å²) in [7, 11) is 0. The predicted molar refractivity (Wildman–Crippen MR) is 77.8 cm³/mol. The Morgan fingerprint density at radius 1 is 1.21 bits per heavy atom. The maximum Gasteiger partial charge on any atom is 0.126 e. The van der Waals surface area contributed by atoms with E-state index in [-0.39, 0.29) is 5.82 Å². The molecule has 0 aliphatic rings. The van der Waals surface area contributed by atoms with Gasteiger partial charge >= 0.3 is 0 Å². The highest BCUT2D eigenvalue weighted by Crippen LogP contribution is 2.27. The van der Waals surface area contributed by atoms with Crippen molar-refractivity contribution >= 4 is 11.6 Å². The molecule has 0 aliphatic carbocycles. The van der Waals surface area contributed by atoms with Crippen LogP contribution in [-0.2, 0) is 12.0 Å². The highest BCUT2D eigenvalue weighted by atomic mass is 35.5. The number of nitrogens with two attached hydrogens (primary N) is 1. The zero-order valence-corrected chi connectivity index (χ0v) is 11.8. The highest BCUT2D eigenvalue weighted by Gasteiger charge is 2.23. The van der Waals surface area contributed by atoms with Crippen LogP contribution < -0.4 is 5.73 Å². The molecule has 2 aromatic rings. The number of hydrogen-bond donors (Lipinski definition) is 1. The van der Waals surface area contributed by atoms with Crippen LogP contribution in [0.1, 0.15) is 23.6 Å². The molecule has 0 spiro atoms. The van der Waals surface area contributed by atoms with Crippen LogP contribution in [0.5, 0.6) is 0 Å². The lowest BCUT2D eigenvalue weighted by Crippen LogP contribution is -2.35. The molecular weight excluding hydrogens is 261 g/mol. The average Bonchev–Trinajstić information content (AvgIpc) is 2.35. The lowest BCUT2D eigenvalue weighted by Gasteiger charge is -2.26. The van der Waals surface area contributed by atoms with Crippen LogP contribution in [-0.4, -0.2) is 0 Å². The molecule has 1 nitrogen and oxygen atoms in total. The van der Waals surface area contributed by atoms with Gasteiger partial charge in [0.2, 0.25) is 0 Å². The van der Waals surface area contributed by atoms with E-state index in [1.165, 1.54) is 6.07 Å². The second kappa shape index (κ2) is 5.32. The van der Waals surface area contributed by atoms with E-state index in [0.29, 0.717) is 17.0 Å². The van der Waals surface area contributed by atoms with Crippen molar-refractivity contribution < 1.29 is 4.39 Å². The van der Waals surface area contributed by atoms with Crippen LogP contribution in [0, 0.1) is 12.7 Å². The molecule has 0 aromatic heterocycles. The van der Waals surface area contributed by atoms with Crippen LogP contribution in [0.2, 0.25) is 5.02 Å². The van der Waals surface area contributed by atoms with Crippen molar-refractivity contribution in [1.29, 1.82) is 0 Å². The summed E-state index contributed by atoms with van der Waals surface area (Å²) in [6.45, 7) is 3.83. The summed E-state index contributed by atoms with van der Waals surface area (Å²) in [5, 5.41) is 0.683. The first-order valence-corrected chi connectivity index (χ1v) is 6.57. The molecule has 0 saturated carbocycles. The fourth-order valence-electron chi connectivity index (χ4n) is 2.09. The fraction of sp³-hybridized carbons (Fsp3) is 0.250. The highest BCUT2D eigenvalue weighted by molar-refractivity contribution is 6.31.